The summed E-state index contributed by atoms with van der Waals surface area (Å²) in [6.07, 6.45) is 0.184. The van der Waals surface area contributed by atoms with Gasteiger partial charge in [-0.15, -0.1) is 0 Å². The number of likely N-dealkylation sites (tertiary alicyclic amines) is 1. The van der Waals surface area contributed by atoms with Crippen molar-refractivity contribution < 1.29 is 23.5 Å². The number of nitrogens with zero attached hydrogens (tertiary/aromatic N) is 3. The van der Waals surface area contributed by atoms with Crippen molar-refractivity contribution >= 4 is 35.0 Å². The first-order valence-corrected chi connectivity index (χ1v) is 12.7. The van der Waals surface area contributed by atoms with Crippen LogP contribution in [0.1, 0.15) is 59.6 Å². The maximum Gasteiger partial charge on any atom is 0.310 e. The summed E-state index contributed by atoms with van der Waals surface area (Å²) in [5.74, 6) is -2.18. The molecule has 2 aromatic heterocycles. The Morgan fingerprint density at radius 3 is 2.63 bits per heavy atom. The number of carboxylic acid groups (broad SMARTS) is 1. The second-order valence-corrected chi connectivity index (χ2v) is 10.5. The highest BCUT2D eigenvalue weighted by Gasteiger charge is 2.45. The van der Waals surface area contributed by atoms with Gasteiger partial charge in [0.2, 0.25) is 0 Å². The molecule has 2 atom stereocenters. The van der Waals surface area contributed by atoms with Gasteiger partial charge in [-0.2, -0.15) is 5.10 Å². The van der Waals surface area contributed by atoms with Crippen molar-refractivity contribution in [3.63, 3.8) is 0 Å². The van der Waals surface area contributed by atoms with Crippen LogP contribution < -0.4 is 5.32 Å². The number of carbonyl (C=O) groups excluding carboxylic acids is 1. The quantitative estimate of drug-likeness (QED) is 0.316. The van der Waals surface area contributed by atoms with E-state index in [2.05, 4.69) is 20.5 Å². The summed E-state index contributed by atoms with van der Waals surface area (Å²) >= 11 is 5.92. The Morgan fingerprint density at radius 2 is 2.03 bits per heavy atom. The van der Waals surface area contributed by atoms with Gasteiger partial charge in [0.25, 0.3) is 0 Å². The smallest absolute Gasteiger partial charge is 0.310 e. The minimum absolute atomic E-state index is 0.0312. The van der Waals surface area contributed by atoms with E-state index in [-0.39, 0.29) is 53.9 Å². The minimum Gasteiger partial charge on any atom is -0.481 e. The molecular formula is C27H30ClF2N5O3. The van der Waals surface area contributed by atoms with Crippen LogP contribution in [-0.2, 0) is 17.8 Å². The standard InChI is InChI=1S/C27H30ClF2N5O3/c1-14-10-21(34-33-14)32-25-16(3)22(17(4)36)24(30)20(31-25)12-27(26(37)38)8-9-35(15(2)11-27)13-18-6-5-7-19(28)23(18)29/h5-7,10,15H,8-9,11-13H2,1-4H3,(H,37,38)(H2,31,32,33,34)/t15-,27-/m1/s1. The van der Waals surface area contributed by atoms with E-state index in [0.717, 1.165) is 5.69 Å². The molecule has 0 radical (unpaired) electrons. The Bertz CT molecular complexity index is 1400. The van der Waals surface area contributed by atoms with E-state index in [9.17, 15) is 19.1 Å². The van der Waals surface area contributed by atoms with E-state index in [1.165, 1.54) is 13.0 Å². The normalized spacial score (nSPS) is 19.9. The molecule has 1 aromatic carbocycles. The molecule has 1 aliphatic heterocycles. The summed E-state index contributed by atoms with van der Waals surface area (Å²) in [6, 6.07) is 6.28. The van der Waals surface area contributed by atoms with E-state index in [4.69, 9.17) is 11.6 Å². The fourth-order valence-electron chi connectivity index (χ4n) is 5.21. The number of anilines is 2. The fraction of sp³-hybridized carbons (Fsp3) is 0.407. The van der Waals surface area contributed by atoms with Crippen molar-refractivity contribution in [2.75, 3.05) is 11.9 Å². The van der Waals surface area contributed by atoms with Crippen LogP contribution in [0.4, 0.5) is 20.4 Å². The molecule has 38 heavy (non-hydrogen) atoms. The molecule has 11 heteroatoms. The number of nitrogens with one attached hydrogen (secondary N) is 2. The SMILES string of the molecule is CC(=O)c1c(C)c(Nc2cc(C)[nH]n2)nc(C[C@@]2(C(=O)O)CCN(Cc3cccc(Cl)c3F)[C@H](C)C2)c1F. The Kier molecular flexibility index (Phi) is 7.85. The molecular weight excluding hydrogens is 516 g/mol. The molecule has 3 heterocycles. The van der Waals surface area contributed by atoms with Crippen molar-refractivity contribution in [1.29, 1.82) is 0 Å². The zero-order valence-corrected chi connectivity index (χ0v) is 22.4. The summed E-state index contributed by atoms with van der Waals surface area (Å²) in [6.45, 7) is 7.16. The lowest BCUT2D eigenvalue weighted by atomic mass is 9.72. The van der Waals surface area contributed by atoms with Crippen LogP contribution in [0.15, 0.2) is 24.3 Å². The summed E-state index contributed by atoms with van der Waals surface area (Å²) in [4.78, 5) is 31.4. The Labute approximate surface area is 224 Å². The van der Waals surface area contributed by atoms with E-state index in [1.807, 2.05) is 18.7 Å². The lowest BCUT2D eigenvalue weighted by Crippen LogP contribution is -2.50. The first kappa shape index (κ1) is 27.7. The van der Waals surface area contributed by atoms with Gasteiger partial charge < -0.3 is 10.4 Å². The molecule has 1 saturated heterocycles. The second kappa shape index (κ2) is 10.8. The molecule has 0 amide bonds. The van der Waals surface area contributed by atoms with Crippen LogP contribution >= 0.6 is 11.6 Å². The van der Waals surface area contributed by atoms with Crippen molar-refractivity contribution in [2.24, 2.45) is 5.41 Å². The predicted octanol–water partition coefficient (Wildman–Crippen LogP) is 5.60. The summed E-state index contributed by atoms with van der Waals surface area (Å²) in [5, 5.41) is 20.3. The van der Waals surface area contributed by atoms with Crippen molar-refractivity contribution in [2.45, 2.75) is 59.5 Å². The summed E-state index contributed by atoms with van der Waals surface area (Å²) in [5.41, 5.74) is -0.0151. The lowest BCUT2D eigenvalue weighted by Gasteiger charge is -2.43. The average molecular weight is 546 g/mol. The van der Waals surface area contributed by atoms with Crippen molar-refractivity contribution in [1.82, 2.24) is 20.1 Å². The van der Waals surface area contributed by atoms with Gasteiger partial charge in [-0.3, -0.25) is 19.6 Å². The van der Waals surface area contributed by atoms with E-state index in [0.29, 0.717) is 23.5 Å². The third kappa shape index (κ3) is 5.42. The number of aromatic nitrogens is 3. The predicted molar refractivity (Wildman–Crippen MR) is 140 cm³/mol. The van der Waals surface area contributed by atoms with E-state index < -0.39 is 28.8 Å². The van der Waals surface area contributed by atoms with Gasteiger partial charge in [-0.05, 0) is 53.1 Å². The first-order chi connectivity index (χ1) is 17.9. The third-order valence-corrected chi connectivity index (χ3v) is 7.60. The molecule has 0 saturated carbocycles. The number of carbonyl (C=O) groups is 2. The number of halogens is 3. The number of carboxylic acids is 1. The second-order valence-electron chi connectivity index (χ2n) is 10.1. The molecule has 202 valence electrons. The number of Topliss-reactive ketones (excluding diaryl/α,β-unsaturated/α-hetero) is 1. The van der Waals surface area contributed by atoms with Crippen LogP contribution in [0, 0.1) is 30.9 Å². The molecule has 0 unspecified atom stereocenters. The number of hydrogen-bond acceptors (Lipinski definition) is 6. The number of piperidine rings is 1. The average Bonchev–Trinajstić information content (AvgIpc) is 3.26. The Hall–Kier alpha value is -3.37. The summed E-state index contributed by atoms with van der Waals surface area (Å²) in [7, 11) is 0. The van der Waals surface area contributed by atoms with Crippen LogP contribution in [0.2, 0.25) is 5.02 Å². The molecule has 0 spiro atoms. The van der Waals surface area contributed by atoms with Gasteiger partial charge in [0.15, 0.2) is 17.4 Å². The maximum atomic E-state index is 15.6. The van der Waals surface area contributed by atoms with Crippen LogP contribution in [0.25, 0.3) is 0 Å². The first-order valence-electron chi connectivity index (χ1n) is 12.3. The molecule has 0 bridgehead atoms. The lowest BCUT2D eigenvalue weighted by molar-refractivity contribution is -0.153. The van der Waals surface area contributed by atoms with Gasteiger partial charge in [0.1, 0.15) is 11.6 Å². The monoisotopic (exact) mass is 545 g/mol. The Balaban J connectivity index is 1.64. The highest BCUT2D eigenvalue weighted by Crippen LogP contribution is 2.40. The number of benzene rings is 1. The number of pyridine rings is 1. The number of aromatic amines is 1. The number of ketones is 1. The Morgan fingerprint density at radius 1 is 1.29 bits per heavy atom. The van der Waals surface area contributed by atoms with Gasteiger partial charge in [-0.1, -0.05) is 23.7 Å². The fourth-order valence-corrected chi connectivity index (χ4v) is 5.40. The molecule has 3 aromatic rings. The van der Waals surface area contributed by atoms with Crippen molar-refractivity contribution in [3.8, 4) is 0 Å². The van der Waals surface area contributed by atoms with Crippen LogP contribution in [0.5, 0.6) is 0 Å². The van der Waals surface area contributed by atoms with Crippen LogP contribution in [-0.4, -0.2) is 49.5 Å². The number of aliphatic carboxylic acids is 1. The number of aryl methyl sites for hydroxylation is 1. The van der Waals surface area contributed by atoms with Gasteiger partial charge >= 0.3 is 5.97 Å². The molecule has 1 fully saturated rings. The molecule has 1 aliphatic rings. The topological polar surface area (TPSA) is 111 Å². The molecule has 3 N–H and O–H groups in total. The molecule has 0 aliphatic carbocycles. The van der Waals surface area contributed by atoms with Crippen LogP contribution in [0.3, 0.4) is 0 Å². The number of hydrogen-bond donors (Lipinski definition) is 3. The number of H-pyrrole nitrogens is 1. The zero-order chi connectivity index (χ0) is 27.8. The van der Waals surface area contributed by atoms with Gasteiger partial charge in [-0.25, -0.2) is 13.8 Å². The third-order valence-electron chi connectivity index (χ3n) is 7.31. The minimum atomic E-state index is -1.32. The van der Waals surface area contributed by atoms with Crippen molar-refractivity contribution in [3.05, 3.63) is 69.0 Å². The van der Waals surface area contributed by atoms with Gasteiger partial charge in [0, 0.05) is 41.9 Å². The summed E-state index contributed by atoms with van der Waals surface area (Å²) < 4.78 is 30.1. The number of rotatable bonds is 8. The van der Waals surface area contributed by atoms with E-state index in [1.54, 1.807) is 25.1 Å². The molecule has 8 nitrogen and oxygen atoms in total. The van der Waals surface area contributed by atoms with E-state index >= 15 is 4.39 Å². The zero-order valence-electron chi connectivity index (χ0n) is 21.7. The highest BCUT2D eigenvalue weighted by molar-refractivity contribution is 6.30. The highest BCUT2D eigenvalue weighted by atomic mass is 35.5. The maximum absolute atomic E-state index is 15.6. The molecule has 4 rings (SSSR count). The van der Waals surface area contributed by atoms with Gasteiger partial charge in [0.05, 0.1) is 21.7 Å². The largest absolute Gasteiger partial charge is 0.481 e.